The highest BCUT2D eigenvalue weighted by atomic mass is 16.5. The van der Waals surface area contributed by atoms with Crippen molar-refractivity contribution in [3.8, 4) is 0 Å². The molecule has 1 aromatic carbocycles. The number of carbonyl (C=O) groups excluding carboxylic acids is 3. The van der Waals surface area contributed by atoms with E-state index in [0.717, 1.165) is 31.2 Å². The first-order chi connectivity index (χ1) is 13.1. The lowest BCUT2D eigenvalue weighted by molar-refractivity contribution is -0.140. The van der Waals surface area contributed by atoms with Crippen molar-refractivity contribution >= 4 is 17.7 Å². The van der Waals surface area contributed by atoms with Gasteiger partial charge in [-0.3, -0.25) is 14.4 Å². The number of esters is 1. The molecule has 1 unspecified atom stereocenters. The summed E-state index contributed by atoms with van der Waals surface area (Å²) in [6.07, 6.45) is 8.99. The molecule has 2 rings (SSSR count). The molecule has 1 fully saturated rings. The van der Waals surface area contributed by atoms with Crippen LogP contribution in [0.5, 0.6) is 0 Å². The van der Waals surface area contributed by atoms with E-state index in [1.54, 1.807) is 6.08 Å². The van der Waals surface area contributed by atoms with E-state index >= 15 is 0 Å². The quantitative estimate of drug-likeness (QED) is 0.379. The largest absolute Gasteiger partial charge is 0.469 e. The van der Waals surface area contributed by atoms with Crippen molar-refractivity contribution in [2.45, 2.75) is 57.4 Å². The Balaban J connectivity index is 1.92. The van der Waals surface area contributed by atoms with Crippen LogP contribution in [0.25, 0.3) is 0 Å². The highest BCUT2D eigenvalue weighted by Gasteiger charge is 2.24. The summed E-state index contributed by atoms with van der Waals surface area (Å²) in [4.78, 5) is 37.8. The van der Waals surface area contributed by atoms with Gasteiger partial charge in [-0.15, -0.1) is 0 Å². The lowest BCUT2D eigenvalue weighted by Gasteiger charge is -2.28. The SMILES string of the molecule is COC(=O)CCCCN1C(=O)CCCCC1C=CC(=O)Cc1ccccc1. The number of ether oxygens (including phenoxy) is 1. The molecule has 0 saturated carbocycles. The van der Waals surface area contributed by atoms with E-state index in [4.69, 9.17) is 0 Å². The van der Waals surface area contributed by atoms with Crippen molar-refractivity contribution in [1.29, 1.82) is 0 Å². The molecule has 0 aromatic heterocycles. The number of hydrogen-bond acceptors (Lipinski definition) is 4. The van der Waals surface area contributed by atoms with E-state index in [1.807, 2.05) is 41.3 Å². The first-order valence-corrected chi connectivity index (χ1v) is 9.71. The van der Waals surface area contributed by atoms with Crippen LogP contribution in [-0.4, -0.2) is 42.3 Å². The van der Waals surface area contributed by atoms with Crippen molar-refractivity contribution in [3.05, 3.63) is 48.0 Å². The fraction of sp³-hybridized carbons (Fsp3) is 0.500. The molecule has 1 amide bonds. The molecule has 1 aliphatic heterocycles. The summed E-state index contributed by atoms with van der Waals surface area (Å²) in [6.45, 7) is 0.609. The molecule has 1 atom stereocenters. The van der Waals surface area contributed by atoms with Gasteiger partial charge in [-0.25, -0.2) is 0 Å². The maximum absolute atomic E-state index is 12.5. The van der Waals surface area contributed by atoms with Crippen LogP contribution in [0.3, 0.4) is 0 Å². The number of nitrogens with zero attached hydrogens (tertiary/aromatic N) is 1. The normalized spacial score (nSPS) is 17.7. The highest BCUT2D eigenvalue weighted by molar-refractivity contribution is 5.91. The van der Waals surface area contributed by atoms with Gasteiger partial charge in [0, 0.05) is 25.8 Å². The Labute approximate surface area is 161 Å². The number of ketones is 1. The first-order valence-electron chi connectivity index (χ1n) is 9.71. The third kappa shape index (κ3) is 7.37. The van der Waals surface area contributed by atoms with Crippen molar-refractivity contribution in [3.63, 3.8) is 0 Å². The zero-order valence-electron chi connectivity index (χ0n) is 16.1. The number of methoxy groups -OCH3 is 1. The van der Waals surface area contributed by atoms with E-state index < -0.39 is 0 Å². The molecule has 1 aliphatic rings. The molecule has 0 spiro atoms. The van der Waals surface area contributed by atoms with Crippen LogP contribution in [0.4, 0.5) is 0 Å². The van der Waals surface area contributed by atoms with E-state index in [-0.39, 0.29) is 23.7 Å². The first kappa shape index (κ1) is 20.9. The van der Waals surface area contributed by atoms with Crippen LogP contribution in [0.1, 0.15) is 50.5 Å². The molecule has 0 aliphatic carbocycles. The van der Waals surface area contributed by atoms with E-state index in [0.29, 0.717) is 32.2 Å². The van der Waals surface area contributed by atoms with Crippen LogP contribution in [-0.2, 0) is 25.5 Å². The van der Waals surface area contributed by atoms with Crippen LogP contribution in [0.15, 0.2) is 42.5 Å². The van der Waals surface area contributed by atoms with Gasteiger partial charge in [-0.2, -0.15) is 0 Å². The topological polar surface area (TPSA) is 63.7 Å². The Morgan fingerprint density at radius 2 is 1.96 bits per heavy atom. The van der Waals surface area contributed by atoms with E-state index in [9.17, 15) is 14.4 Å². The van der Waals surface area contributed by atoms with Crippen molar-refractivity contribution in [2.75, 3.05) is 13.7 Å². The minimum absolute atomic E-state index is 0.0437. The summed E-state index contributed by atoms with van der Waals surface area (Å²) in [7, 11) is 1.38. The summed E-state index contributed by atoms with van der Waals surface area (Å²) >= 11 is 0. The molecular weight excluding hydrogens is 342 g/mol. The monoisotopic (exact) mass is 371 g/mol. The molecule has 5 nitrogen and oxygen atoms in total. The van der Waals surface area contributed by atoms with E-state index in [1.165, 1.54) is 7.11 Å². The predicted molar refractivity (Wildman–Crippen MR) is 104 cm³/mol. The minimum atomic E-state index is -0.222. The van der Waals surface area contributed by atoms with Crippen LogP contribution < -0.4 is 0 Å². The maximum atomic E-state index is 12.5. The summed E-state index contributed by atoms with van der Waals surface area (Å²) in [6, 6.07) is 9.61. The number of unbranched alkanes of at least 4 members (excludes halogenated alkanes) is 1. The van der Waals surface area contributed by atoms with Gasteiger partial charge < -0.3 is 9.64 Å². The number of amides is 1. The van der Waals surface area contributed by atoms with Crippen molar-refractivity contribution in [2.24, 2.45) is 0 Å². The zero-order chi connectivity index (χ0) is 19.5. The number of carbonyl (C=O) groups is 3. The number of likely N-dealkylation sites (tertiary alicyclic amines) is 1. The van der Waals surface area contributed by atoms with Gasteiger partial charge in [-0.1, -0.05) is 42.8 Å². The minimum Gasteiger partial charge on any atom is -0.469 e. The average Bonchev–Trinajstić information content (AvgIpc) is 2.85. The Bertz CT molecular complexity index is 654. The third-order valence-electron chi connectivity index (χ3n) is 4.84. The fourth-order valence-electron chi connectivity index (χ4n) is 3.33. The Hall–Kier alpha value is -2.43. The second kappa shape index (κ2) is 11.3. The molecule has 27 heavy (non-hydrogen) atoms. The van der Waals surface area contributed by atoms with E-state index in [2.05, 4.69) is 4.74 Å². The Morgan fingerprint density at radius 1 is 1.19 bits per heavy atom. The zero-order valence-corrected chi connectivity index (χ0v) is 16.1. The molecule has 146 valence electrons. The standard InChI is InChI=1S/C22H29NO4/c1-27-22(26)13-7-8-16-23-19(11-5-6-12-21(23)25)14-15-20(24)17-18-9-3-2-4-10-18/h2-4,9-10,14-15,19H,5-8,11-13,16-17H2,1H3. The molecule has 1 saturated heterocycles. The maximum Gasteiger partial charge on any atom is 0.305 e. The van der Waals surface area contributed by atoms with Gasteiger partial charge in [0.1, 0.15) is 0 Å². The van der Waals surface area contributed by atoms with Crippen molar-refractivity contribution < 1.29 is 19.1 Å². The number of benzene rings is 1. The number of rotatable bonds is 9. The van der Waals surface area contributed by atoms with Crippen LogP contribution >= 0.6 is 0 Å². The second-order valence-corrected chi connectivity index (χ2v) is 6.92. The van der Waals surface area contributed by atoms with Gasteiger partial charge >= 0.3 is 5.97 Å². The molecular formula is C22H29NO4. The lowest BCUT2D eigenvalue weighted by atomic mass is 10.1. The molecule has 5 heteroatoms. The number of hydrogen-bond donors (Lipinski definition) is 0. The van der Waals surface area contributed by atoms with Gasteiger partial charge in [0.25, 0.3) is 0 Å². The number of allylic oxidation sites excluding steroid dienone is 1. The van der Waals surface area contributed by atoms with Crippen molar-refractivity contribution in [1.82, 2.24) is 4.90 Å². The third-order valence-corrected chi connectivity index (χ3v) is 4.84. The van der Waals surface area contributed by atoms with Gasteiger partial charge in [0.2, 0.25) is 5.91 Å². The molecule has 0 N–H and O–H groups in total. The fourth-order valence-corrected chi connectivity index (χ4v) is 3.33. The molecule has 0 bridgehead atoms. The second-order valence-electron chi connectivity index (χ2n) is 6.92. The van der Waals surface area contributed by atoms with Gasteiger partial charge in [0.15, 0.2) is 5.78 Å². The summed E-state index contributed by atoms with van der Waals surface area (Å²) in [5, 5.41) is 0. The Kier molecular flexibility index (Phi) is 8.75. The van der Waals surface area contributed by atoms with Crippen LogP contribution in [0.2, 0.25) is 0 Å². The van der Waals surface area contributed by atoms with Gasteiger partial charge in [-0.05, 0) is 37.3 Å². The average molecular weight is 371 g/mol. The predicted octanol–water partition coefficient (Wildman–Crippen LogP) is 3.47. The van der Waals surface area contributed by atoms with Gasteiger partial charge in [0.05, 0.1) is 13.2 Å². The summed E-state index contributed by atoms with van der Waals surface area (Å²) < 4.78 is 4.65. The molecule has 0 radical (unpaired) electrons. The smallest absolute Gasteiger partial charge is 0.305 e. The highest BCUT2D eigenvalue weighted by Crippen LogP contribution is 2.20. The Morgan fingerprint density at radius 3 is 2.70 bits per heavy atom. The summed E-state index contributed by atoms with van der Waals surface area (Å²) in [5.74, 6) is -0.0422. The molecule has 1 aromatic rings. The van der Waals surface area contributed by atoms with Crippen LogP contribution in [0, 0.1) is 0 Å². The lowest BCUT2D eigenvalue weighted by Crippen LogP contribution is -2.38. The molecule has 1 heterocycles. The summed E-state index contributed by atoms with van der Waals surface area (Å²) in [5.41, 5.74) is 0.990.